The maximum absolute atomic E-state index is 4.33. The van der Waals surface area contributed by atoms with Crippen LogP contribution < -0.4 is 5.32 Å². The molecule has 1 aromatic heterocycles. The molecule has 3 nitrogen and oxygen atoms in total. The maximum atomic E-state index is 4.33. The third-order valence-corrected chi connectivity index (χ3v) is 3.51. The molecule has 0 amide bonds. The van der Waals surface area contributed by atoms with E-state index in [1.54, 1.807) is 6.20 Å². The predicted octanol–water partition coefficient (Wildman–Crippen LogP) is 3.24. The Morgan fingerprint density at radius 2 is 1.89 bits per heavy atom. The molecule has 0 fully saturated rings. The molecule has 94 valence electrons. The van der Waals surface area contributed by atoms with E-state index in [2.05, 4.69) is 69.1 Å². The molecule has 1 unspecified atom stereocenters. The largest absolute Gasteiger partial charge is 0.305 e. The van der Waals surface area contributed by atoms with Gasteiger partial charge in [-0.25, -0.2) is 0 Å². The van der Waals surface area contributed by atoms with Crippen molar-refractivity contribution in [2.24, 2.45) is 0 Å². The highest BCUT2D eigenvalue weighted by Crippen LogP contribution is 2.14. The zero-order valence-electron chi connectivity index (χ0n) is 10.5. The van der Waals surface area contributed by atoms with Gasteiger partial charge in [-0.15, -0.1) is 0 Å². The lowest BCUT2D eigenvalue weighted by molar-refractivity contribution is 0.566. The number of nitrogens with zero attached hydrogens (tertiary/aromatic N) is 2. The molecule has 1 N–H and O–H groups in total. The zero-order valence-corrected chi connectivity index (χ0v) is 12.7. The van der Waals surface area contributed by atoms with Crippen LogP contribution in [0, 0.1) is 10.5 Å². The van der Waals surface area contributed by atoms with Crippen molar-refractivity contribution in [1.29, 1.82) is 0 Å². The van der Waals surface area contributed by atoms with Gasteiger partial charge in [0.1, 0.15) is 0 Å². The quantitative estimate of drug-likeness (QED) is 0.858. The molecule has 2 aromatic rings. The van der Waals surface area contributed by atoms with Crippen LogP contribution in [0.5, 0.6) is 0 Å². The van der Waals surface area contributed by atoms with Gasteiger partial charge in [0, 0.05) is 28.6 Å². The first-order valence-corrected chi connectivity index (χ1v) is 6.99. The Balaban J connectivity index is 1.93. The summed E-state index contributed by atoms with van der Waals surface area (Å²) in [6.07, 6.45) is 3.62. The summed E-state index contributed by atoms with van der Waals surface area (Å²) in [7, 11) is 0. The summed E-state index contributed by atoms with van der Waals surface area (Å²) in [4.78, 5) is 8.57. The Morgan fingerprint density at radius 1 is 1.17 bits per heavy atom. The van der Waals surface area contributed by atoms with Crippen molar-refractivity contribution in [3.63, 3.8) is 0 Å². The number of aryl methyl sites for hydroxylation is 1. The maximum Gasteiger partial charge on any atom is 0.0724 e. The Morgan fingerprint density at radius 3 is 2.50 bits per heavy atom. The van der Waals surface area contributed by atoms with Crippen LogP contribution in [0.3, 0.4) is 0 Å². The van der Waals surface area contributed by atoms with Crippen LogP contribution >= 0.6 is 22.6 Å². The molecule has 0 spiro atoms. The van der Waals surface area contributed by atoms with Crippen LogP contribution in [0.4, 0.5) is 0 Å². The Kier molecular flexibility index (Phi) is 4.66. The Labute approximate surface area is 121 Å². The highest BCUT2D eigenvalue weighted by molar-refractivity contribution is 14.1. The molecule has 2 rings (SSSR count). The lowest BCUT2D eigenvalue weighted by Gasteiger charge is -2.14. The summed E-state index contributed by atoms with van der Waals surface area (Å²) in [6.45, 7) is 4.84. The van der Waals surface area contributed by atoms with E-state index in [0.29, 0.717) is 6.04 Å². The van der Waals surface area contributed by atoms with Crippen molar-refractivity contribution >= 4 is 22.6 Å². The number of nitrogens with one attached hydrogen (secondary N) is 1. The van der Waals surface area contributed by atoms with E-state index in [4.69, 9.17) is 0 Å². The van der Waals surface area contributed by atoms with Gasteiger partial charge in [0.2, 0.25) is 0 Å². The SMILES string of the molecule is Cc1cnc(CNC(C)c2ccc(I)cc2)cn1. The van der Waals surface area contributed by atoms with Gasteiger partial charge in [0.15, 0.2) is 0 Å². The van der Waals surface area contributed by atoms with E-state index in [9.17, 15) is 0 Å². The number of hydrogen-bond donors (Lipinski definition) is 1. The van der Waals surface area contributed by atoms with E-state index in [1.807, 2.05) is 13.1 Å². The average molecular weight is 353 g/mol. The lowest BCUT2D eigenvalue weighted by atomic mass is 10.1. The molecule has 0 aliphatic rings. The molecular formula is C14H16IN3. The van der Waals surface area contributed by atoms with Crippen LogP contribution in [-0.4, -0.2) is 9.97 Å². The molecular weight excluding hydrogens is 337 g/mol. The van der Waals surface area contributed by atoms with Crippen molar-refractivity contribution in [2.45, 2.75) is 26.4 Å². The van der Waals surface area contributed by atoms with E-state index < -0.39 is 0 Å². The van der Waals surface area contributed by atoms with Crippen LogP contribution in [0.25, 0.3) is 0 Å². The monoisotopic (exact) mass is 353 g/mol. The van der Waals surface area contributed by atoms with E-state index in [-0.39, 0.29) is 0 Å². The lowest BCUT2D eigenvalue weighted by Crippen LogP contribution is -2.18. The minimum atomic E-state index is 0.310. The van der Waals surface area contributed by atoms with Crippen molar-refractivity contribution in [1.82, 2.24) is 15.3 Å². The smallest absolute Gasteiger partial charge is 0.0724 e. The second-order valence-electron chi connectivity index (χ2n) is 4.30. The number of benzene rings is 1. The third-order valence-electron chi connectivity index (χ3n) is 2.79. The molecule has 1 heterocycles. The molecule has 0 bridgehead atoms. The number of hydrogen-bond acceptors (Lipinski definition) is 3. The van der Waals surface area contributed by atoms with E-state index in [0.717, 1.165) is 17.9 Å². The predicted molar refractivity (Wildman–Crippen MR) is 81.2 cm³/mol. The van der Waals surface area contributed by atoms with Crippen LogP contribution in [0.1, 0.15) is 29.9 Å². The van der Waals surface area contributed by atoms with Crippen molar-refractivity contribution < 1.29 is 0 Å². The molecule has 0 saturated heterocycles. The Bertz CT molecular complexity index is 493. The van der Waals surface area contributed by atoms with Gasteiger partial charge in [0.05, 0.1) is 11.4 Å². The van der Waals surface area contributed by atoms with E-state index in [1.165, 1.54) is 9.13 Å². The van der Waals surface area contributed by atoms with Crippen LogP contribution in [0.15, 0.2) is 36.7 Å². The fourth-order valence-corrected chi connectivity index (χ4v) is 2.00. The first-order valence-electron chi connectivity index (χ1n) is 5.91. The van der Waals surface area contributed by atoms with Crippen molar-refractivity contribution in [3.8, 4) is 0 Å². The summed E-state index contributed by atoms with van der Waals surface area (Å²) in [5.41, 5.74) is 3.21. The van der Waals surface area contributed by atoms with Crippen LogP contribution in [-0.2, 0) is 6.54 Å². The second kappa shape index (κ2) is 6.24. The summed E-state index contributed by atoms with van der Waals surface area (Å²) in [6, 6.07) is 8.87. The van der Waals surface area contributed by atoms with E-state index >= 15 is 0 Å². The summed E-state index contributed by atoms with van der Waals surface area (Å²) < 4.78 is 1.26. The second-order valence-corrected chi connectivity index (χ2v) is 5.55. The molecule has 1 atom stereocenters. The average Bonchev–Trinajstić information content (AvgIpc) is 2.38. The fraction of sp³-hybridized carbons (Fsp3) is 0.286. The van der Waals surface area contributed by atoms with Gasteiger partial charge in [-0.2, -0.15) is 0 Å². The first kappa shape index (κ1) is 13.4. The zero-order chi connectivity index (χ0) is 13.0. The molecule has 0 aliphatic heterocycles. The van der Waals surface area contributed by atoms with Gasteiger partial charge in [-0.05, 0) is 54.1 Å². The van der Waals surface area contributed by atoms with Crippen molar-refractivity contribution in [2.75, 3.05) is 0 Å². The van der Waals surface area contributed by atoms with Crippen LogP contribution in [0.2, 0.25) is 0 Å². The highest BCUT2D eigenvalue weighted by atomic mass is 127. The number of halogens is 1. The van der Waals surface area contributed by atoms with Gasteiger partial charge in [-0.1, -0.05) is 12.1 Å². The Hall–Kier alpha value is -1.01. The molecule has 4 heteroatoms. The summed E-state index contributed by atoms with van der Waals surface area (Å²) in [5, 5.41) is 3.45. The molecule has 0 aliphatic carbocycles. The molecule has 18 heavy (non-hydrogen) atoms. The number of rotatable bonds is 4. The topological polar surface area (TPSA) is 37.8 Å². The molecule has 0 radical (unpaired) electrons. The standard InChI is InChI=1S/C14H16IN3/c1-10-7-18-14(8-16-10)9-17-11(2)12-3-5-13(15)6-4-12/h3-8,11,17H,9H2,1-2H3. The van der Waals surface area contributed by atoms with Gasteiger partial charge in [-0.3, -0.25) is 9.97 Å². The normalized spacial score (nSPS) is 12.4. The third kappa shape index (κ3) is 3.74. The summed E-state index contributed by atoms with van der Waals surface area (Å²) in [5.74, 6) is 0. The molecule has 0 saturated carbocycles. The van der Waals surface area contributed by atoms with Crippen molar-refractivity contribution in [3.05, 3.63) is 57.2 Å². The number of aromatic nitrogens is 2. The van der Waals surface area contributed by atoms with Gasteiger partial charge in [0.25, 0.3) is 0 Å². The van der Waals surface area contributed by atoms with Gasteiger partial charge >= 0.3 is 0 Å². The van der Waals surface area contributed by atoms with Gasteiger partial charge < -0.3 is 5.32 Å². The minimum Gasteiger partial charge on any atom is -0.305 e. The highest BCUT2D eigenvalue weighted by Gasteiger charge is 2.05. The first-order chi connectivity index (χ1) is 8.65. The fourth-order valence-electron chi connectivity index (χ4n) is 1.64. The molecule has 1 aromatic carbocycles. The minimum absolute atomic E-state index is 0.310. The summed E-state index contributed by atoms with van der Waals surface area (Å²) >= 11 is 2.31.